The van der Waals surface area contributed by atoms with Crippen molar-refractivity contribution >= 4 is 23.5 Å². The number of aromatic carboxylic acids is 1. The Morgan fingerprint density at radius 1 is 1.26 bits per heavy atom. The lowest BCUT2D eigenvalue weighted by atomic mass is 10.0. The van der Waals surface area contributed by atoms with Crippen LogP contribution >= 0.6 is 11.6 Å². The van der Waals surface area contributed by atoms with E-state index in [1.807, 2.05) is 12.1 Å². The minimum absolute atomic E-state index is 0.0378. The van der Waals surface area contributed by atoms with Gasteiger partial charge in [0.15, 0.2) is 5.76 Å². The molecular weight excluding hydrogens is 322 g/mol. The Labute approximate surface area is 137 Å². The Bertz CT molecular complexity index is 724. The zero-order valence-electron chi connectivity index (χ0n) is 12.0. The third-order valence-electron chi connectivity index (χ3n) is 3.68. The molecule has 1 aromatic carbocycles. The molecule has 2 N–H and O–H groups in total. The molecular formula is C16H14ClNO5. The monoisotopic (exact) mass is 335 g/mol. The van der Waals surface area contributed by atoms with Gasteiger partial charge in [0.25, 0.3) is 5.91 Å². The quantitative estimate of drug-likeness (QED) is 0.896. The van der Waals surface area contributed by atoms with Gasteiger partial charge in [0, 0.05) is 17.7 Å². The molecule has 0 unspecified atom stereocenters. The molecule has 2 aromatic rings. The summed E-state index contributed by atoms with van der Waals surface area (Å²) < 4.78 is 10.7. The molecule has 0 aliphatic carbocycles. The van der Waals surface area contributed by atoms with E-state index in [-0.39, 0.29) is 23.5 Å². The molecule has 7 heteroatoms. The fraction of sp³-hybridized carbons (Fsp3) is 0.250. The van der Waals surface area contributed by atoms with Crippen LogP contribution < -0.4 is 5.32 Å². The van der Waals surface area contributed by atoms with E-state index in [1.165, 1.54) is 6.07 Å². The van der Waals surface area contributed by atoms with E-state index in [1.54, 1.807) is 12.1 Å². The summed E-state index contributed by atoms with van der Waals surface area (Å²) in [6.07, 6.45) is 1.43. The maximum atomic E-state index is 12.2. The number of furan rings is 1. The van der Waals surface area contributed by atoms with Crippen LogP contribution in [0.15, 0.2) is 41.0 Å². The summed E-state index contributed by atoms with van der Waals surface area (Å²) >= 11 is 5.88. The highest BCUT2D eigenvalue weighted by molar-refractivity contribution is 6.30. The summed E-state index contributed by atoms with van der Waals surface area (Å²) in [5.74, 6) is -1.65. The van der Waals surface area contributed by atoms with Gasteiger partial charge in [-0.3, -0.25) is 4.79 Å². The van der Waals surface area contributed by atoms with E-state index < -0.39 is 11.9 Å². The van der Waals surface area contributed by atoms with E-state index in [2.05, 4.69) is 5.32 Å². The lowest BCUT2D eigenvalue weighted by Crippen LogP contribution is -2.36. The van der Waals surface area contributed by atoms with Gasteiger partial charge in [0.1, 0.15) is 12.4 Å². The van der Waals surface area contributed by atoms with E-state index in [0.717, 1.165) is 11.8 Å². The van der Waals surface area contributed by atoms with Gasteiger partial charge in [-0.2, -0.15) is 0 Å². The van der Waals surface area contributed by atoms with Crippen molar-refractivity contribution in [2.45, 2.75) is 18.6 Å². The largest absolute Gasteiger partial charge is 0.478 e. The second kappa shape index (κ2) is 6.44. The van der Waals surface area contributed by atoms with E-state index in [0.29, 0.717) is 18.1 Å². The number of carboxylic acid groups (broad SMARTS) is 1. The van der Waals surface area contributed by atoms with Crippen LogP contribution in [-0.4, -0.2) is 29.6 Å². The number of benzene rings is 1. The molecule has 3 rings (SSSR count). The average molecular weight is 336 g/mol. The number of ether oxygens (including phenoxy) is 1. The smallest absolute Gasteiger partial charge is 0.338 e. The third-order valence-corrected chi connectivity index (χ3v) is 3.93. The normalized spacial score (nSPS) is 20.4. The highest BCUT2D eigenvalue weighted by Crippen LogP contribution is 2.30. The Morgan fingerprint density at radius 2 is 2.00 bits per heavy atom. The molecule has 2 atom stereocenters. The standard InChI is InChI=1S/C16H14ClNO5/c17-11-3-1-9(2-4-11)14-12(5-6-22-14)18-15(19)13-7-10(8-23-13)16(20)21/h1-4,7-8,12,14H,5-6H2,(H,18,19)(H,20,21)/t12-,14-/m1/s1. The molecule has 23 heavy (non-hydrogen) atoms. The summed E-state index contributed by atoms with van der Waals surface area (Å²) in [6, 6.07) is 8.22. The molecule has 2 heterocycles. The van der Waals surface area contributed by atoms with E-state index in [9.17, 15) is 9.59 Å². The summed E-state index contributed by atoms with van der Waals surface area (Å²) in [6.45, 7) is 0.525. The van der Waals surface area contributed by atoms with Gasteiger partial charge >= 0.3 is 5.97 Å². The van der Waals surface area contributed by atoms with Gasteiger partial charge in [0.05, 0.1) is 11.6 Å². The van der Waals surface area contributed by atoms with Gasteiger partial charge in [-0.25, -0.2) is 4.79 Å². The Kier molecular flexibility index (Phi) is 4.36. The molecule has 1 aliphatic rings. The van der Waals surface area contributed by atoms with Crippen LogP contribution in [-0.2, 0) is 4.74 Å². The second-order valence-corrected chi connectivity index (χ2v) is 5.65. The molecule has 1 fully saturated rings. The molecule has 0 saturated carbocycles. The number of hydrogen-bond donors (Lipinski definition) is 2. The molecule has 0 bridgehead atoms. The van der Waals surface area contributed by atoms with Crippen molar-refractivity contribution in [3.8, 4) is 0 Å². The molecule has 1 amide bonds. The first-order chi connectivity index (χ1) is 11.0. The van der Waals surface area contributed by atoms with Crippen LogP contribution in [0.25, 0.3) is 0 Å². The molecule has 120 valence electrons. The van der Waals surface area contributed by atoms with Crippen molar-refractivity contribution < 1.29 is 23.8 Å². The Morgan fingerprint density at radius 3 is 2.65 bits per heavy atom. The van der Waals surface area contributed by atoms with Crippen molar-refractivity contribution in [3.63, 3.8) is 0 Å². The van der Waals surface area contributed by atoms with Crippen molar-refractivity contribution in [2.75, 3.05) is 6.61 Å². The maximum Gasteiger partial charge on any atom is 0.338 e. The fourth-order valence-corrected chi connectivity index (χ4v) is 2.65. The topological polar surface area (TPSA) is 88.8 Å². The summed E-state index contributed by atoms with van der Waals surface area (Å²) in [7, 11) is 0. The Hall–Kier alpha value is -2.31. The number of amides is 1. The minimum Gasteiger partial charge on any atom is -0.478 e. The zero-order valence-corrected chi connectivity index (χ0v) is 12.7. The SMILES string of the molecule is O=C(O)c1coc(C(=O)N[C@@H]2CCO[C@@H]2c2ccc(Cl)cc2)c1. The van der Waals surface area contributed by atoms with Crippen molar-refractivity contribution in [1.29, 1.82) is 0 Å². The van der Waals surface area contributed by atoms with Gasteiger partial charge in [0.2, 0.25) is 0 Å². The molecule has 0 spiro atoms. The summed E-state index contributed by atoms with van der Waals surface area (Å²) in [4.78, 5) is 23.0. The highest BCUT2D eigenvalue weighted by atomic mass is 35.5. The molecule has 0 radical (unpaired) electrons. The van der Waals surface area contributed by atoms with Crippen molar-refractivity contribution in [3.05, 3.63) is 58.5 Å². The van der Waals surface area contributed by atoms with E-state index in [4.69, 9.17) is 25.9 Å². The number of hydrogen-bond acceptors (Lipinski definition) is 4. The molecule has 6 nitrogen and oxygen atoms in total. The average Bonchev–Trinajstić information content (AvgIpc) is 3.17. The highest BCUT2D eigenvalue weighted by Gasteiger charge is 2.31. The van der Waals surface area contributed by atoms with Gasteiger partial charge < -0.3 is 19.6 Å². The maximum absolute atomic E-state index is 12.2. The molecule has 1 aromatic heterocycles. The van der Waals surface area contributed by atoms with E-state index >= 15 is 0 Å². The molecule has 1 aliphatic heterocycles. The Balaban J connectivity index is 1.71. The van der Waals surface area contributed by atoms with Crippen LogP contribution in [0.5, 0.6) is 0 Å². The number of carboxylic acids is 1. The van der Waals surface area contributed by atoms with Crippen LogP contribution in [0.1, 0.15) is 39.0 Å². The first kappa shape index (κ1) is 15.6. The van der Waals surface area contributed by atoms with Crippen LogP contribution in [0.2, 0.25) is 5.02 Å². The third kappa shape index (κ3) is 3.38. The fourth-order valence-electron chi connectivity index (χ4n) is 2.53. The van der Waals surface area contributed by atoms with Gasteiger partial charge in [-0.15, -0.1) is 0 Å². The van der Waals surface area contributed by atoms with Crippen molar-refractivity contribution in [2.24, 2.45) is 0 Å². The van der Waals surface area contributed by atoms with Crippen molar-refractivity contribution in [1.82, 2.24) is 5.32 Å². The number of carbonyl (C=O) groups is 2. The first-order valence-electron chi connectivity index (χ1n) is 7.04. The first-order valence-corrected chi connectivity index (χ1v) is 7.42. The van der Waals surface area contributed by atoms with Gasteiger partial charge in [-0.1, -0.05) is 23.7 Å². The predicted molar refractivity (Wildman–Crippen MR) is 81.7 cm³/mol. The minimum atomic E-state index is -1.14. The summed E-state index contributed by atoms with van der Waals surface area (Å²) in [5.41, 5.74) is 0.856. The van der Waals surface area contributed by atoms with Crippen LogP contribution in [0.3, 0.4) is 0 Å². The lowest BCUT2D eigenvalue weighted by Gasteiger charge is -2.19. The number of carbonyl (C=O) groups excluding carboxylic acids is 1. The molecule has 1 saturated heterocycles. The number of nitrogens with one attached hydrogen (secondary N) is 1. The summed E-state index contributed by atoms with van der Waals surface area (Å²) in [5, 5.41) is 12.3. The van der Waals surface area contributed by atoms with Crippen LogP contribution in [0, 0.1) is 0 Å². The zero-order chi connectivity index (χ0) is 16.4. The van der Waals surface area contributed by atoms with Crippen LogP contribution in [0.4, 0.5) is 0 Å². The van der Waals surface area contributed by atoms with Gasteiger partial charge in [-0.05, 0) is 24.1 Å². The number of halogens is 1. The predicted octanol–water partition coefficient (Wildman–Crippen LogP) is 2.89. The number of rotatable bonds is 4. The lowest BCUT2D eigenvalue weighted by molar-refractivity contribution is 0.0695. The second-order valence-electron chi connectivity index (χ2n) is 5.22.